The fourth-order valence-corrected chi connectivity index (χ4v) is 2.71. The summed E-state index contributed by atoms with van der Waals surface area (Å²) >= 11 is 0. The number of likely N-dealkylation sites (tertiary alicyclic amines) is 1. The van der Waals surface area contributed by atoms with E-state index in [4.69, 9.17) is 5.11 Å². The van der Waals surface area contributed by atoms with Crippen molar-refractivity contribution < 1.29 is 14.8 Å². The Hall–Kier alpha value is -1.95. The number of rotatable bonds is 5. The van der Waals surface area contributed by atoms with Crippen LogP contribution in [0.15, 0.2) is 24.3 Å². The van der Waals surface area contributed by atoms with E-state index in [-0.39, 0.29) is 17.6 Å². The number of hydrogen-bond acceptors (Lipinski definition) is 4. The Bertz CT molecular complexity index is 500. The minimum absolute atomic E-state index is 0.0468. The summed E-state index contributed by atoms with van der Waals surface area (Å²) in [6.45, 7) is 3.52. The van der Waals surface area contributed by atoms with Crippen molar-refractivity contribution in [1.82, 2.24) is 4.90 Å². The van der Waals surface area contributed by atoms with E-state index in [2.05, 4.69) is 4.90 Å². The van der Waals surface area contributed by atoms with E-state index in [1.807, 2.05) is 6.92 Å². The van der Waals surface area contributed by atoms with E-state index in [9.17, 15) is 14.9 Å². The van der Waals surface area contributed by atoms with Gasteiger partial charge in [-0.05, 0) is 31.9 Å². The predicted molar refractivity (Wildman–Crippen MR) is 73.6 cm³/mol. The highest BCUT2D eigenvalue weighted by Gasteiger charge is 2.34. The number of nitro benzene ring substituents is 1. The van der Waals surface area contributed by atoms with Crippen LogP contribution in [-0.4, -0.2) is 40.0 Å². The maximum Gasteiger partial charge on any atom is 0.308 e. The Morgan fingerprint density at radius 2 is 2.10 bits per heavy atom. The summed E-state index contributed by atoms with van der Waals surface area (Å²) < 4.78 is 0. The molecule has 2 unspecified atom stereocenters. The zero-order chi connectivity index (χ0) is 14.7. The first-order chi connectivity index (χ1) is 9.49. The van der Waals surface area contributed by atoms with Crippen molar-refractivity contribution in [2.75, 3.05) is 13.1 Å². The smallest absolute Gasteiger partial charge is 0.308 e. The molecule has 1 aromatic rings. The number of benzene rings is 1. The molecule has 108 valence electrons. The highest BCUT2D eigenvalue weighted by atomic mass is 16.6. The largest absolute Gasteiger partial charge is 0.481 e. The molecule has 20 heavy (non-hydrogen) atoms. The monoisotopic (exact) mass is 278 g/mol. The van der Waals surface area contributed by atoms with Crippen molar-refractivity contribution in [3.8, 4) is 0 Å². The molecule has 1 aliphatic rings. The van der Waals surface area contributed by atoms with Crippen LogP contribution >= 0.6 is 0 Å². The summed E-state index contributed by atoms with van der Waals surface area (Å²) in [5.41, 5.74) is 1.12. The second-order valence-electron chi connectivity index (χ2n) is 5.18. The minimum atomic E-state index is -0.727. The fraction of sp³-hybridized carbons (Fsp3) is 0.500. The molecule has 0 aliphatic carbocycles. The van der Waals surface area contributed by atoms with Gasteiger partial charge in [0, 0.05) is 24.7 Å². The third-order valence-electron chi connectivity index (χ3n) is 4.04. The maximum atomic E-state index is 11.0. The van der Waals surface area contributed by atoms with Gasteiger partial charge in [0.1, 0.15) is 0 Å². The third kappa shape index (κ3) is 3.14. The van der Waals surface area contributed by atoms with Crippen LogP contribution in [0.3, 0.4) is 0 Å². The van der Waals surface area contributed by atoms with Crippen LogP contribution in [0.4, 0.5) is 5.69 Å². The van der Waals surface area contributed by atoms with Gasteiger partial charge in [0.15, 0.2) is 0 Å². The van der Waals surface area contributed by atoms with Gasteiger partial charge >= 0.3 is 5.97 Å². The van der Waals surface area contributed by atoms with Gasteiger partial charge in [-0.25, -0.2) is 0 Å². The van der Waals surface area contributed by atoms with Crippen molar-refractivity contribution >= 4 is 11.7 Å². The molecule has 6 nitrogen and oxygen atoms in total. The quantitative estimate of drug-likeness (QED) is 0.657. The summed E-state index contributed by atoms with van der Waals surface area (Å²) in [4.78, 5) is 23.4. The molecule has 0 saturated carbocycles. The number of hydrogen-bond donors (Lipinski definition) is 1. The molecule has 0 bridgehead atoms. The lowest BCUT2D eigenvalue weighted by Crippen LogP contribution is -2.34. The zero-order valence-electron chi connectivity index (χ0n) is 11.4. The maximum absolute atomic E-state index is 11.0. The second kappa shape index (κ2) is 6.00. The number of carbonyl (C=O) groups is 1. The van der Waals surface area contributed by atoms with E-state index >= 15 is 0 Å². The van der Waals surface area contributed by atoms with Crippen molar-refractivity contribution in [3.63, 3.8) is 0 Å². The van der Waals surface area contributed by atoms with Crippen molar-refractivity contribution in [2.45, 2.75) is 25.8 Å². The molecule has 0 aromatic heterocycles. The van der Waals surface area contributed by atoms with Gasteiger partial charge in [-0.2, -0.15) is 0 Å². The highest BCUT2D eigenvalue weighted by Crippen LogP contribution is 2.24. The lowest BCUT2D eigenvalue weighted by atomic mass is 10.0. The summed E-state index contributed by atoms with van der Waals surface area (Å²) in [6, 6.07) is 6.57. The van der Waals surface area contributed by atoms with E-state index in [0.717, 1.165) is 25.1 Å². The Balaban J connectivity index is 1.89. The Morgan fingerprint density at radius 1 is 1.45 bits per heavy atom. The normalized spacial score (nSPS) is 22.9. The molecular weight excluding hydrogens is 260 g/mol. The van der Waals surface area contributed by atoms with Gasteiger partial charge in [0.2, 0.25) is 0 Å². The van der Waals surface area contributed by atoms with Gasteiger partial charge in [-0.15, -0.1) is 0 Å². The van der Waals surface area contributed by atoms with Crippen molar-refractivity contribution in [2.24, 2.45) is 5.92 Å². The molecule has 0 spiro atoms. The average molecular weight is 278 g/mol. The van der Waals surface area contributed by atoms with Crippen LogP contribution in [0.2, 0.25) is 0 Å². The van der Waals surface area contributed by atoms with Crippen LogP contribution in [0.5, 0.6) is 0 Å². The van der Waals surface area contributed by atoms with E-state index < -0.39 is 10.9 Å². The molecule has 1 aliphatic heterocycles. The lowest BCUT2D eigenvalue weighted by molar-refractivity contribution is -0.384. The average Bonchev–Trinajstić information content (AvgIpc) is 2.78. The fourth-order valence-electron chi connectivity index (χ4n) is 2.71. The number of carboxylic acid groups (broad SMARTS) is 1. The number of nitrogens with zero attached hydrogens (tertiary/aromatic N) is 2. The van der Waals surface area contributed by atoms with Crippen LogP contribution < -0.4 is 0 Å². The third-order valence-corrected chi connectivity index (χ3v) is 4.04. The standard InChI is InChI=1S/C14H18N2O4/c1-10-13(14(17)18)7-9-15(10)8-6-11-2-4-12(5-3-11)16(19)20/h2-5,10,13H,6-9H2,1H3,(H,17,18). The summed E-state index contributed by atoms with van der Waals surface area (Å²) in [6.07, 6.45) is 1.46. The van der Waals surface area contributed by atoms with Gasteiger partial charge in [-0.1, -0.05) is 12.1 Å². The van der Waals surface area contributed by atoms with Gasteiger partial charge in [-0.3, -0.25) is 19.8 Å². The SMILES string of the molecule is CC1C(C(=O)O)CCN1CCc1ccc([N+](=O)[O-])cc1. The topological polar surface area (TPSA) is 83.7 Å². The molecule has 0 radical (unpaired) electrons. The molecule has 0 amide bonds. The number of non-ortho nitro benzene ring substituents is 1. The molecule has 6 heteroatoms. The Morgan fingerprint density at radius 3 is 2.60 bits per heavy atom. The second-order valence-corrected chi connectivity index (χ2v) is 5.18. The van der Waals surface area contributed by atoms with E-state index in [0.29, 0.717) is 6.42 Å². The van der Waals surface area contributed by atoms with Gasteiger partial charge in [0.05, 0.1) is 10.8 Å². The number of nitro groups is 1. The van der Waals surface area contributed by atoms with Crippen LogP contribution in [0, 0.1) is 16.0 Å². The first-order valence-corrected chi connectivity index (χ1v) is 6.69. The molecular formula is C14H18N2O4. The molecule has 1 saturated heterocycles. The van der Waals surface area contributed by atoms with Crippen molar-refractivity contribution in [3.05, 3.63) is 39.9 Å². The van der Waals surface area contributed by atoms with Gasteiger partial charge in [0.25, 0.3) is 5.69 Å². The summed E-state index contributed by atoms with van der Waals surface area (Å²) in [7, 11) is 0. The zero-order valence-corrected chi connectivity index (χ0v) is 11.4. The Kier molecular flexibility index (Phi) is 4.34. The first kappa shape index (κ1) is 14.5. The van der Waals surface area contributed by atoms with Crippen molar-refractivity contribution in [1.29, 1.82) is 0 Å². The molecule has 1 heterocycles. The Labute approximate surface area is 117 Å². The van der Waals surface area contributed by atoms with Gasteiger partial charge < -0.3 is 5.11 Å². The van der Waals surface area contributed by atoms with Crippen LogP contribution in [-0.2, 0) is 11.2 Å². The number of carboxylic acids is 1. The lowest BCUT2D eigenvalue weighted by Gasteiger charge is -2.22. The molecule has 2 rings (SSSR count). The minimum Gasteiger partial charge on any atom is -0.481 e. The van der Waals surface area contributed by atoms with E-state index in [1.165, 1.54) is 12.1 Å². The molecule has 1 N–H and O–H groups in total. The van der Waals surface area contributed by atoms with E-state index in [1.54, 1.807) is 12.1 Å². The number of aliphatic carboxylic acids is 1. The van der Waals surface area contributed by atoms with Crippen LogP contribution in [0.1, 0.15) is 18.9 Å². The predicted octanol–water partition coefficient (Wildman–Crippen LogP) is 1.93. The summed E-state index contributed by atoms with van der Waals surface area (Å²) in [5.74, 6) is -1.01. The molecule has 2 atom stereocenters. The first-order valence-electron chi connectivity index (χ1n) is 6.69. The summed E-state index contributed by atoms with van der Waals surface area (Å²) in [5, 5.41) is 19.6. The molecule has 1 fully saturated rings. The highest BCUT2D eigenvalue weighted by molar-refractivity contribution is 5.71. The molecule has 1 aromatic carbocycles. The van der Waals surface area contributed by atoms with Crippen LogP contribution in [0.25, 0.3) is 0 Å².